The summed E-state index contributed by atoms with van der Waals surface area (Å²) >= 11 is 1.83. The van der Waals surface area contributed by atoms with Crippen LogP contribution in [0.1, 0.15) is 42.4 Å². The zero-order valence-corrected chi connectivity index (χ0v) is 12.0. The van der Waals surface area contributed by atoms with Crippen molar-refractivity contribution in [3.05, 3.63) is 34.1 Å². The Hall–Kier alpha value is -1.20. The third kappa shape index (κ3) is 2.87. The van der Waals surface area contributed by atoms with Crippen LogP contribution in [0.2, 0.25) is 0 Å². The molecule has 1 saturated heterocycles. The second kappa shape index (κ2) is 5.84. The number of thiophene rings is 1. The summed E-state index contributed by atoms with van der Waals surface area (Å²) in [6.07, 6.45) is 4.31. The molecule has 0 saturated carbocycles. The highest BCUT2D eigenvalue weighted by atomic mass is 32.1. The summed E-state index contributed by atoms with van der Waals surface area (Å²) in [5, 5.41) is 6.28. The second-order valence-corrected chi connectivity index (χ2v) is 5.96. The highest BCUT2D eigenvalue weighted by Gasteiger charge is 2.29. The van der Waals surface area contributed by atoms with Crippen LogP contribution in [0, 0.1) is 0 Å². The maximum absolute atomic E-state index is 5.24. The van der Waals surface area contributed by atoms with Gasteiger partial charge in [0.2, 0.25) is 5.89 Å². The van der Waals surface area contributed by atoms with Crippen molar-refractivity contribution in [3.8, 4) is 0 Å². The van der Waals surface area contributed by atoms with Crippen molar-refractivity contribution < 1.29 is 4.52 Å². The number of rotatable bonds is 5. The van der Waals surface area contributed by atoms with E-state index in [4.69, 9.17) is 4.52 Å². The van der Waals surface area contributed by atoms with Gasteiger partial charge >= 0.3 is 0 Å². The molecule has 1 aliphatic heterocycles. The Balaban J connectivity index is 1.64. The van der Waals surface area contributed by atoms with Crippen LogP contribution < -0.4 is 0 Å². The van der Waals surface area contributed by atoms with Gasteiger partial charge in [-0.05, 0) is 37.3 Å². The molecule has 3 rings (SSSR count). The monoisotopic (exact) mass is 277 g/mol. The highest BCUT2D eigenvalue weighted by molar-refractivity contribution is 7.09. The Kier molecular flexibility index (Phi) is 3.94. The van der Waals surface area contributed by atoms with Gasteiger partial charge in [-0.2, -0.15) is 4.98 Å². The predicted octanol–water partition coefficient (Wildman–Crippen LogP) is 3.07. The van der Waals surface area contributed by atoms with Crippen molar-refractivity contribution in [2.45, 2.75) is 38.6 Å². The van der Waals surface area contributed by atoms with Crippen LogP contribution >= 0.6 is 11.3 Å². The van der Waals surface area contributed by atoms with Crippen molar-refractivity contribution >= 4 is 11.3 Å². The van der Waals surface area contributed by atoms with Gasteiger partial charge < -0.3 is 4.52 Å². The molecule has 102 valence electrons. The molecular formula is C14H19N3OS. The molecule has 0 aliphatic carbocycles. The fourth-order valence-electron chi connectivity index (χ4n) is 2.64. The zero-order chi connectivity index (χ0) is 13.1. The predicted molar refractivity (Wildman–Crippen MR) is 75.2 cm³/mol. The molecule has 3 heterocycles. The van der Waals surface area contributed by atoms with Crippen LogP contribution in [0.5, 0.6) is 0 Å². The molecule has 4 nitrogen and oxygen atoms in total. The lowest BCUT2D eigenvalue weighted by atomic mass is 10.2. The molecule has 2 aromatic rings. The summed E-state index contributed by atoms with van der Waals surface area (Å²) in [7, 11) is 0. The van der Waals surface area contributed by atoms with Crippen molar-refractivity contribution in [1.29, 1.82) is 0 Å². The van der Waals surface area contributed by atoms with E-state index in [0.717, 1.165) is 44.1 Å². The number of likely N-dealkylation sites (tertiary alicyclic amines) is 1. The summed E-state index contributed by atoms with van der Waals surface area (Å²) in [5.74, 6) is 1.63. The Bertz CT molecular complexity index is 509. The van der Waals surface area contributed by atoms with E-state index in [1.54, 1.807) is 0 Å². The minimum Gasteiger partial charge on any atom is -0.339 e. The fourth-order valence-corrected chi connectivity index (χ4v) is 3.34. The van der Waals surface area contributed by atoms with E-state index in [1.165, 1.54) is 11.3 Å². The number of aromatic nitrogens is 2. The van der Waals surface area contributed by atoms with Gasteiger partial charge in [-0.1, -0.05) is 18.1 Å². The first-order valence-electron chi connectivity index (χ1n) is 6.95. The molecule has 2 aromatic heterocycles. The van der Waals surface area contributed by atoms with E-state index in [-0.39, 0.29) is 0 Å². The lowest BCUT2D eigenvalue weighted by Crippen LogP contribution is -2.26. The SMILES string of the molecule is CCc1nc(C2CCCN2CCc2cccs2)no1. The average Bonchev–Trinajstić information content (AvgIpc) is 3.16. The zero-order valence-electron chi connectivity index (χ0n) is 11.2. The van der Waals surface area contributed by atoms with Crippen LogP contribution in [0.15, 0.2) is 22.0 Å². The molecule has 0 spiro atoms. The van der Waals surface area contributed by atoms with Gasteiger partial charge in [0, 0.05) is 17.8 Å². The second-order valence-electron chi connectivity index (χ2n) is 4.92. The van der Waals surface area contributed by atoms with E-state index < -0.39 is 0 Å². The summed E-state index contributed by atoms with van der Waals surface area (Å²) in [6.45, 7) is 4.27. The maximum Gasteiger partial charge on any atom is 0.226 e. The van der Waals surface area contributed by atoms with Crippen LogP contribution in [-0.2, 0) is 12.8 Å². The van der Waals surface area contributed by atoms with Crippen LogP contribution in [0.3, 0.4) is 0 Å². The van der Waals surface area contributed by atoms with E-state index in [9.17, 15) is 0 Å². The van der Waals surface area contributed by atoms with Gasteiger partial charge in [0.05, 0.1) is 6.04 Å². The molecule has 1 atom stereocenters. The van der Waals surface area contributed by atoms with Crippen molar-refractivity contribution in [1.82, 2.24) is 15.0 Å². The third-order valence-electron chi connectivity index (χ3n) is 3.67. The first-order chi connectivity index (χ1) is 9.36. The summed E-state index contributed by atoms with van der Waals surface area (Å²) in [5.41, 5.74) is 0. The van der Waals surface area contributed by atoms with E-state index in [1.807, 2.05) is 18.3 Å². The smallest absolute Gasteiger partial charge is 0.226 e. The molecule has 0 aromatic carbocycles. The largest absolute Gasteiger partial charge is 0.339 e. The number of hydrogen-bond acceptors (Lipinski definition) is 5. The molecule has 0 bridgehead atoms. The van der Waals surface area contributed by atoms with Gasteiger partial charge in [0.1, 0.15) is 0 Å². The van der Waals surface area contributed by atoms with Gasteiger partial charge in [-0.3, -0.25) is 4.90 Å². The first kappa shape index (κ1) is 12.8. The van der Waals surface area contributed by atoms with Crippen molar-refractivity contribution in [3.63, 3.8) is 0 Å². The summed E-state index contributed by atoms with van der Waals surface area (Å²) in [4.78, 5) is 8.43. The first-order valence-corrected chi connectivity index (χ1v) is 7.83. The van der Waals surface area contributed by atoms with E-state index in [2.05, 4.69) is 32.6 Å². The maximum atomic E-state index is 5.24. The highest BCUT2D eigenvalue weighted by Crippen LogP contribution is 2.30. The van der Waals surface area contributed by atoms with E-state index in [0.29, 0.717) is 6.04 Å². The molecule has 1 unspecified atom stereocenters. The van der Waals surface area contributed by atoms with Gasteiger partial charge in [0.15, 0.2) is 5.82 Å². The van der Waals surface area contributed by atoms with Crippen LogP contribution in [0.4, 0.5) is 0 Å². The Morgan fingerprint density at radius 1 is 1.53 bits per heavy atom. The van der Waals surface area contributed by atoms with Gasteiger partial charge in [-0.15, -0.1) is 11.3 Å². The molecular weight excluding hydrogens is 258 g/mol. The Labute approximate surface area is 117 Å². The minimum atomic E-state index is 0.351. The molecule has 5 heteroatoms. The van der Waals surface area contributed by atoms with Gasteiger partial charge in [0.25, 0.3) is 0 Å². The van der Waals surface area contributed by atoms with Crippen molar-refractivity contribution in [2.75, 3.05) is 13.1 Å². The average molecular weight is 277 g/mol. The molecule has 0 amide bonds. The molecule has 1 aliphatic rings. The standard InChI is InChI=1S/C14H19N3OS/c1-2-13-15-14(16-18-13)12-6-3-8-17(12)9-7-11-5-4-10-19-11/h4-5,10,12H,2-3,6-9H2,1H3. The van der Waals surface area contributed by atoms with Crippen LogP contribution in [-0.4, -0.2) is 28.1 Å². The number of hydrogen-bond donors (Lipinski definition) is 0. The molecule has 19 heavy (non-hydrogen) atoms. The number of nitrogens with zero attached hydrogens (tertiary/aromatic N) is 3. The number of aryl methyl sites for hydroxylation is 1. The van der Waals surface area contributed by atoms with Crippen molar-refractivity contribution in [2.24, 2.45) is 0 Å². The van der Waals surface area contributed by atoms with Gasteiger partial charge in [-0.25, -0.2) is 0 Å². The quantitative estimate of drug-likeness (QED) is 0.842. The lowest BCUT2D eigenvalue weighted by Gasteiger charge is -2.21. The van der Waals surface area contributed by atoms with Crippen LogP contribution in [0.25, 0.3) is 0 Å². The normalized spacial score (nSPS) is 20.2. The summed E-state index contributed by atoms with van der Waals surface area (Å²) < 4.78 is 5.24. The van der Waals surface area contributed by atoms with E-state index >= 15 is 0 Å². The minimum absolute atomic E-state index is 0.351. The summed E-state index contributed by atoms with van der Waals surface area (Å²) in [6, 6.07) is 4.68. The third-order valence-corrected chi connectivity index (χ3v) is 4.61. The fraction of sp³-hybridized carbons (Fsp3) is 0.571. The molecule has 1 fully saturated rings. The molecule has 0 radical (unpaired) electrons. The Morgan fingerprint density at radius 3 is 3.21 bits per heavy atom. The lowest BCUT2D eigenvalue weighted by molar-refractivity contribution is 0.245. The topological polar surface area (TPSA) is 42.2 Å². The Morgan fingerprint density at radius 2 is 2.47 bits per heavy atom. The molecule has 0 N–H and O–H groups in total.